The second kappa shape index (κ2) is 7.36. The Kier molecular flexibility index (Phi) is 5.00. The molecule has 2 aromatic carbocycles. The van der Waals surface area contributed by atoms with Crippen molar-refractivity contribution in [3.8, 4) is 5.75 Å². The summed E-state index contributed by atoms with van der Waals surface area (Å²) < 4.78 is 5.38. The van der Waals surface area contributed by atoms with E-state index in [4.69, 9.17) is 21.4 Å². The minimum atomic E-state index is -1.00. The van der Waals surface area contributed by atoms with Gasteiger partial charge in [0.25, 0.3) is 0 Å². The number of rotatable bonds is 5. The zero-order chi connectivity index (χ0) is 17.8. The summed E-state index contributed by atoms with van der Waals surface area (Å²) in [6, 6.07) is 16.8. The van der Waals surface area contributed by atoms with Gasteiger partial charge in [-0.2, -0.15) is 0 Å². The third-order valence-corrected chi connectivity index (χ3v) is 3.88. The summed E-state index contributed by atoms with van der Waals surface area (Å²) in [5.74, 6) is -0.490. The lowest BCUT2D eigenvalue weighted by molar-refractivity contribution is -0.144. The van der Waals surface area contributed by atoms with E-state index in [1.54, 1.807) is 12.1 Å². The first kappa shape index (κ1) is 17.0. The normalized spacial score (nSPS) is 12.4. The van der Waals surface area contributed by atoms with Gasteiger partial charge in [-0.1, -0.05) is 41.9 Å². The fourth-order valence-electron chi connectivity index (χ4n) is 2.33. The standard InChI is InChI=1S/C20H16ClNO3/c1-13(20(23)24)25-18-4-2-3-14(11-18)5-9-17-10-7-15-6-8-16(21)12-19(15)22-17/h2-13H,1H3,(H,23,24)/b9-5+. The smallest absolute Gasteiger partial charge is 0.344 e. The van der Waals surface area contributed by atoms with Crippen LogP contribution in [0, 0.1) is 0 Å². The maximum atomic E-state index is 10.9. The Hall–Kier alpha value is -2.85. The summed E-state index contributed by atoms with van der Waals surface area (Å²) in [6.45, 7) is 1.50. The molecule has 0 saturated carbocycles. The number of fused-ring (bicyclic) bond motifs is 1. The van der Waals surface area contributed by atoms with Gasteiger partial charge in [0.2, 0.25) is 0 Å². The van der Waals surface area contributed by atoms with Crippen molar-refractivity contribution in [3.63, 3.8) is 0 Å². The molecule has 1 unspecified atom stereocenters. The van der Waals surface area contributed by atoms with Crippen molar-refractivity contribution in [3.05, 3.63) is 70.9 Å². The topological polar surface area (TPSA) is 59.4 Å². The van der Waals surface area contributed by atoms with Crippen LogP contribution in [0.2, 0.25) is 5.02 Å². The van der Waals surface area contributed by atoms with Crippen LogP contribution in [0.5, 0.6) is 5.75 Å². The molecule has 0 bridgehead atoms. The highest BCUT2D eigenvalue weighted by atomic mass is 35.5. The molecule has 25 heavy (non-hydrogen) atoms. The summed E-state index contributed by atoms with van der Waals surface area (Å²) in [7, 11) is 0. The molecule has 126 valence electrons. The molecule has 5 heteroatoms. The van der Waals surface area contributed by atoms with Crippen molar-refractivity contribution in [1.29, 1.82) is 0 Å². The van der Waals surface area contributed by atoms with E-state index in [1.807, 2.05) is 54.6 Å². The number of halogens is 1. The van der Waals surface area contributed by atoms with Crippen molar-refractivity contribution >= 4 is 40.6 Å². The highest BCUT2D eigenvalue weighted by molar-refractivity contribution is 6.31. The fraction of sp³-hybridized carbons (Fsp3) is 0.100. The minimum absolute atomic E-state index is 0.510. The van der Waals surface area contributed by atoms with Gasteiger partial charge in [0.1, 0.15) is 5.75 Å². The number of carboxylic acids is 1. The van der Waals surface area contributed by atoms with Crippen molar-refractivity contribution in [1.82, 2.24) is 4.98 Å². The number of nitrogens with zero attached hydrogens (tertiary/aromatic N) is 1. The first-order valence-electron chi connectivity index (χ1n) is 7.75. The van der Waals surface area contributed by atoms with E-state index in [0.717, 1.165) is 22.2 Å². The molecule has 1 aromatic heterocycles. The molecular weight excluding hydrogens is 338 g/mol. The monoisotopic (exact) mass is 353 g/mol. The summed E-state index contributed by atoms with van der Waals surface area (Å²) in [6.07, 6.45) is 2.89. The fourth-order valence-corrected chi connectivity index (χ4v) is 2.49. The van der Waals surface area contributed by atoms with Crippen LogP contribution in [0.3, 0.4) is 0 Å². The van der Waals surface area contributed by atoms with Gasteiger partial charge in [-0.15, -0.1) is 0 Å². The molecule has 0 amide bonds. The van der Waals surface area contributed by atoms with E-state index in [2.05, 4.69) is 4.98 Å². The SMILES string of the molecule is CC(Oc1cccc(/C=C/c2ccc3ccc(Cl)cc3n2)c1)C(=O)O. The third kappa shape index (κ3) is 4.37. The Labute approximate surface area is 150 Å². The van der Waals surface area contributed by atoms with Crippen molar-refractivity contribution in [2.75, 3.05) is 0 Å². The van der Waals surface area contributed by atoms with Crippen LogP contribution in [-0.4, -0.2) is 22.2 Å². The van der Waals surface area contributed by atoms with Crippen LogP contribution >= 0.6 is 11.6 Å². The predicted molar refractivity (Wildman–Crippen MR) is 99.8 cm³/mol. The number of aromatic nitrogens is 1. The van der Waals surface area contributed by atoms with Gasteiger partial charge in [-0.25, -0.2) is 9.78 Å². The number of hydrogen-bond donors (Lipinski definition) is 1. The number of benzene rings is 2. The van der Waals surface area contributed by atoms with E-state index < -0.39 is 12.1 Å². The van der Waals surface area contributed by atoms with Crippen molar-refractivity contribution < 1.29 is 14.6 Å². The molecular formula is C20H16ClNO3. The third-order valence-electron chi connectivity index (χ3n) is 3.64. The van der Waals surface area contributed by atoms with Gasteiger partial charge in [0.05, 0.1) is 11.2 Å². The van der Waals surface area contributed by atoms with E-state index in [1.165, 1.54) is 6.92 Å². The van der Waals surface area contributed by atoms with Gasteiger partial charge in [-0.3, -0.25) is 0 Å². The van der Waals surface area contributed by atoms with Crippen LogP contribution in [0.15, 0.2) is 54.6 Å². The molecule has 1 heterocycles. The average molecular weight is 354 g/mol. The summed E-state index contributed by atoms with van der Waals surface area (Å²) in [5.41, 5.74) is 2.53. The maximum absolute atomic E-state index is 10.9. The van der Waals surface area contributed by atoms with Gasteiger partial charge in [0.15, 0.2) is 6.10 Å². The van der Waals surface area contributed by atoms with E-state index in [9.17, 15) is 4.79 Å². The molecule has 0 aliphatic carbocycles. The molecule has 4 nitrogen and oxygen atoms in total. The van der Waals surface area contributed by atoms with Gasteiger partial charge in [0, 0.05) is 10.4 Å². The van der Waals surface area contributed by atoms with E-state index in [0.29, 0.717) is 10.8 Å². The van der Waals surface area contributed by atoms with Crippen LogP contribution in [-0.2, 0) is 4.79 Å². The molecule has 1 N–H and O–H groups in total. The molecule has 3 aromatic rings. The number of pyridine rings is 1. The summed E-state index contributed by atoms with van der Waals surface area (Å²) >= 11 is 6.01. The predicted octanol–water partition coefficient (Wildman–Crippen LogP) is 4.91. The van der Waals surface area contributed by atoms with Gasteiger partial charge in [-0.05, 0) is 48.9 Å². The zero-order valence-corrected chi connectivity index (χ0v) is 14.3. The van der Waals surface area contributed by atoms with Gasteiger partial charge >= 0.3 is 5.97 Å². The maximum Gasteiger partial charge on any atom is 0.344 e. The Morgan fingerprint density at radius 1 is 1.16 bits per heavy atom. The number of ether oxygens (including phenoxy) is 1. The van der Waals surface area contributed by atoms with Gasteiger partial charge < -0.3 is 9.84 Å². The molecule has 0 spiro atoms. The summed E-state index contributed by atoms with van der Waals surface area (Å²) in [4.78, 5) is 15.4. The first-order valence-corrected chi connectivity index (χ1v) is 8.13. The minimum Gasteiger partial charge on any atom is -0.479 e. The second-order valence-electron chi connectivity index (χ2n) is 5.58. The number of aliphatic carboxylic acids is 1. The summed E-state index contributed by atoms with van der Waals surface area (Å²) in [5, 5.41) is 10.6. The highest BCUT2D eigenvalue weighted by Crippen LogP contribution is 2.20. The molecule has 0 aliphatic rings. The zero-order valence-electron chi connectivity index (χ0n) is 13.5. The molecule has 1 atom stereocenters. The van der Waals surface area contributed by atoms with Crippen LogP contribution in [0.4, 0.5) is 0 Å². The Bertz CT molecular complexity index is 953. The Balaban J connectivity index is 1.81. The number of carbonyl (C=O) groups is 1. The van der Waals surface area contributed by atoms with E-state index in [-0.39, 0.29) is 0 Å². The highest BCUT2D eigenvalue weighted by Gasteiger charge is 2.12. The van der Waals surface area contributed by atoms with E-state index >= 15 is 0 Å². The number of hydrogen-bond acceptors (Lipinski definition) is 3. The Morgan fingerprint density at radius 2 is 1.96 bits per heavy atom. The number of carboxylic acid groups (broad SMARTS) is 1. The van der Waals surface area contributed by atoms with Crippen molar-refractivity contribution in [2.24, 2.45) is 0 Å². The lowest BCUT2D eigenvalue weighted by Gasteiger charge is -2.10. The average Bonchev–Trinajstić information content (AvgIpc) is 2.59. The molecule has 0 radical (unpaired) electrons. The molecule has 0 fully saturated rings. The van der Waals surface area contributed by atoms with Crippen molar-refractivity contribution in [2.45, 2.75) is 13.0 Å². The van der Waals surface area contributed by atoms with Crippen LogP contribution in [0.25, 0.3) is 23.1 Å². The lowest BCUT2D eigenvalue weighted by Crippen LogP contribution is -2.22. The second-order valence-corrected chi connectivity index (χ2v) is 6.01. The largest absolute Gasteiger partial charge is 0.479 e. The molecule has 3 rings (SSSR count). The molecule has 0 aliphatic heterocycles. The first-order chi connectivity index (χ1) is 12.0. The lowest BCUT2D eigenvalue weighted by atomic mass is 10.1. The quantitative estimate of drug-likeness (QED) is 0.708. The molecule has 0 saturated heterocycles. The Morgan fingerprint density at radius 3 is 2.76 bits per heavy atom. The van der Waals surface area contributed by atoms with Crippen LogP contribution < -0.4 is 4.74 Å². The van der Waals surface area contributed by atoms with Crippen LogP contribution in [0.1, 0.15) is 18.2 Å².